The van der Waals surface area contributed by atoms with E-state index in [2.05, 4.69) is 37.5 Å². The number of benzene rings is 2. The van der Waals surface area contributed by atoms with Gasteiger partial charge in [0.25, 0.3) is 11.6 Å². The van der Waals surface area contributed by atoms with Gasteiger partial charge >= 0.3 is 0 Å². The zero-order valence-electron chi connectivity index (χ0n) is 15.0. The maximum absolute atomic E-state index is 11.8. The van der Waals surface area contributed by atoms with Crippen LogP contribution in [0.3, 0.4) is 0 Å². The molecule has 0 amide bonds. The van der Waals surface area contributed by atoms with Crippen LogP contribution in [0.2, 0.25) is 0 Å². The maximum atomic E-state index is 11.8. The third-order valence-electron chi connectivity index (χ3n) is 5.37. The topological polar surface area (TPSA) is 35.7 Å². The van der Waals surface area contributed by atoms with E-state index >= 15 is 0 Å². The van der Waals surface area contributed by atoms with Gasteiger partial charge in [-0.05, 0) is 67.8 Å². The number of ether oxygens (including phenoxy) is 1. The monoisotopic (exact) mass is 415 g/mol. The smallest absolute Gasteiger partial charge is 0.275 e. The van der Waals surface area contributed by atoms with Gasteiger partial charge in [-0.2, -0.15) is 4.90 Å². The van der Waals surface area contributed by atoms with Gasteiger partial charge in [0, 0.05) is 16.5 Å². The Morgan fingerprint density at radius 3 is 2.46 bits per heavy atom. The van der Waals surface area contributed by atoms with Crippen molar-refractivity contribution in [1.82, 2.24) is 0 Å². The summed E-state index contributed by atoms with van der Waals surface area (Å²) in [6.45, 7) is 1.59. The second-order valence-electron chi connectivity index (χ2n) is 7.01. The fourth-order valence-corrected chi connectivity index (χ4v) is 4.32. The Balaban J connectivity index is 1.80. The molecule has 4 rings (SSSR count). The van der Waals surface area contributed by atoms with Crippen LogP contribution in [0.4, 0.5) is 5.69 Å². The molecular formula is C21H24BrN2O2+. The van der Waals surface area contributed by atoms with Crippen LogP contribution in [-0.4, -0.2) is 35.7 Å². The molecule has 4 nitrogen and oxygen atoms in total. The number of methoxy groups -OCH3 is 1. The lowest BCUT2D eigenvalue weighted by molar-refractivity contribution is -0.534. The van der Waals surface area contributed by atoms with Gasteiger partial charge < -0.3 is 9.84 Å². The van der Waals surface area contributed by atoms with Crippen molar-refractivity contribution in [3.63, 3.8) is 0 Å². The Labute approximate surface area is 162 Å². The second kappa shape index (κ2) is 7.05. The van der Waals surface area contributed by atoms with Gasteiger partial charge in [0.1, 0.15) is 11.4 Å². The molecule has 5 heteroatoms. The Morgan fingerprint density at radius 1 is 1.04 bits per heavy atom. The lowest BCUT2D eigenvalue weighted by Gasteiger charge is -2.29. The molecule has 26 heavy (non-hydrogen) atoms. The molecule has 136 valence electrons. The highest BCUT2D eigenvalue weighted by atomic mass is 79.9. The molecular weight excluding hydrogens is 392 g/mol. The van der Waals surface area contributed by atoms with E-state index in [9.17, 15) is 5.11 Å². The highest BCUT2D eigenvalue weighted by Crippen LogP contribution is 2.38. The molecule has 2 heterocycles. The molecule has 0 bridgehead atoms. The third-order valence-corrected chi connectivity index (χ3v) is 5.90. The molecule has 2 aliphatic rings. The largest absolute Gasteiger partial charge is 0.497 e. The predicted molar refractivity (Wildman–Crippen MR) is 107 cm³/mol. The molecule has 0 unspecified atom stereocenters. The highest BCUT2D eigenvalue weighted by Gasteiger charge is 2.53. The van der Waals surface area contributed by atoms with E-state index in [1.54, 1.807) is 7.11 Å². The van der Waals surface area contributed by atoms with Crippen molar-refractivity contribution in [3.8, 4) is 5.75 Å². The summed E-state index contributed by atoms with van der Waals surface area (Å²) in [5.74, 6) is 2.02. The maximum Gasteiger partial charge on any atom is 0.275 e. The zero-order valence-corrected chi connectivity index (χ0v) is 16.6. The van der Waals surface area contributed by atoms with Crippen molar-refractivity contribution in [1.29, 1.82) is 0 Å². The van der Waals surface area contributed by atoms with Crippen molar-refractivity contribution in [2.24, 2.45) is 0 Å². The van der Waals surface area contributed by atoms with Gasteiger partial charge in [-0.25, -0.2) is 0 Å². The molecule has 2 aromatic carbocycles. The summed E-state index contributed by atoms with van der Waals surface area (Å²) >= 11 is 3.51. The standard InChI is InChI=1S/C21H24BrN2O2/c1-26-19-12-6-16(7-13-19)21(25)15-23-14-4-2-3-5-20(23)24(21)18-10-8-17(22)9-11-18/h6-13,25H,2-5,14-15H2,1H3/q+1/t21-/m1/s1. The van der Waals surface area contributed by atoms with E-state index in [1.807, 2.05) is 36.4 Å². The molecule has 0 aliphatic carbocycles. The van der Waals surface area contributed by atoms with Crippen LogP contribution >= 0.6 is 15.9 Å². The molecule has 0 spiro atoms. The molecule has 0 aromatic heterocycles. The average molecular weight is 416 g/mol. The Kier molecular flexibility index (Phi) is 4.76. The normalized spacial score (nSPS) is 23.0. The number of halogens is 1. The van der Waals surface area contributed by atoms with Crippen LogP contribution in [0.25, 0.3) is 0 Å². The number of aliphatic hydroxyl groups is 1. The van der Waals surface area contributed by atoms with Crippen LogP contribution in [0.15, 0.2) is 53.0 Å². The fourth-order valence-electron chi connectivity index (χ4n) is 4.05. The quantitative estimate of drug-likeness (QED) is 0.766. The first kappa shape index (κ1) is 17.6. The summed E-state index contributed by atoms with van der Waals surface area (Å²) < 4.78 is 8.68. The molecule has 2 aromatic rings. The fraction of sp³-hybridized carbons (Fsp3) is 0.381. The first-order valence-electron chi connectivity index (χ1n) is 9.15. The highest BCUT2D eigenvalue weighted by molar-refractivity contribution is 9.10. The summed E-state index contributed by atoms with van der Waals surface area (Å²) in [6, 6.07) is 16.0. The molecule has 0 radical (unpaired) electrons. The number of amidine groups is 1. The Hall–Kier alpha value is -1.85. The zero-order chi connectivity index (χ0) is 18.1. The predicted octanol–water partition coefficient (Wildman–Crippen LogP) is 4.11. The first-order chi connectivity index (χ1) is 12.6. The minimum absolute atomic E-state index is 0.588. The van der Waals surface area contributed by atoms with E-state index < -0.39 is 5.72 Å². The van der Waals surface area contributed by atoms with Crippen molar-refractivity contribution in [2.75, 3.05) is 25.1 Å². The molecule has 1 atom stereocenters. The lowest BCUT2D eigenvalue weighted by Crippen LogP contribution is -2.47. The summed E-state index contributed by atoms with van der Waals surface area (Å²) in [6.07, 6.45) is 4.58. The summed E-state index contributed by atoms with van der Waals surface area (Å²) in [4.78, 5) is 2.13. The first-order valence-corrected chi connectivity index (χ1v) is 9.94. The van der Waals surface area contributed by atoms with E-state index in [4.69, 9.17) is 4.74 Å². The minimum atomic E-state index is -1.08. The van der Waals surface area contributed by atoms with E-state index in [1.165, 1.54) is 18.7 Å². The summed E-state index contributed by atoms with van der Waals surface area (Å²) in [7, 11) is 1.66. The molecule has 2 aliphatic heterocycles. The molecule has 0 fully saturated rings. The second-order valence-corrected chi connectivity index (χ2v) is 7.92. The summed E-state index contributed by atoms with van der Waals surface area (Å²) in [5, 5.41) is 11.8. The van der Waals surface area contributed by atoms with Crippen LogP contribution < -0.4 is 9.64 Å². The van der Waals surface area contributed by atoms with Crippen molar-refractivity contribution >= 4 is 27.5 Å². The van der Waals surface area contributed by atoms with Crippen LogP contribution in [0.5, 0.6) is 5.75 Å². The van der Waals surface area contributed by atoms with E-state index in [-0.39, 0.29) is 0 Å². The number of rotatable bonds is 3. The van der Waals surface area contributed by atoms with Gasteiger partial charge in [0.05, 0.1) is 13.7 Å². The SMILES string of the molecule is COc1ccc([C@]2(O)C[N+]3=C(CCCCC3)N2c2ccc(Br)cc2)cc1. The third kappa shape index (κ3) is 3.03. The van der Waals surface area contributed by atoms with Gasteiger partial charge in [0.2, 0.25) is 0 Å². The van der Waals surface area contributed by atoms with Crippen molar-refractivity contribution < 1.29 is 14.4 Å². The van der Waals surface area contributed by atoms with Gasteiger partial charge in [-0.1, -0.05) is 15.9 Å². The van der Waals surface area contributed by atoms with Crippen molar-refractivity contribution in [3.05, 3.63) is 58.6 Å². The van der Waals surface area contributed by atoms with Crippen LogP contribution in [-0.2, 0) is 5.72 Å². The lowest BCUT2D eigenvalue weighted by atomic mass is 9.99. The number of anilines is 1. The average Bonchev–Trinajstić information content (AvgIpc) is 2.80. The van der Waals surface area contributed by atoms with Crippen molar-refractivity contribution in [2.45, 2.75) is 31.4 Å². The van der Waals surface area contributed by atoms with Crippen LogP contribution in [0, 0.1) is 0 Å². The molecule has 1 N–H and O–H groups in total. The number of hydrogen-bond acceptors (Lipinski definition) is 3. The summed E-state index contributed by atoms with van der Waals surface area (Å²) in [5.41, 5.74) is 0.833. The Bertz CT molecular complexity index is 817. The number of nitrogens with zero attached hydrogens (tertiary/aromatic N) is 2. The van der Waals surface area contributed by atoms with E-state index in [0.717, 1.165) is 40.9 Å². The van der Waals surface area contributed by atoms with Gasteiger partial charge in [-0.15, -0.1) is 0 Å². The number of hydrogen-bond donors (Lipinski definition) is 1. The minimum Gasteiger partial charge on any atom is -0.497 e. The molecule has 0 saturated heterocycles. The van der Waals surface area contributed by atoms with Gasteiger partial charge in [-0.3, -0.25) is 4.58 Å². The van der Waals surface area contributed by atoms with Crippen LogP contribution in [0.1, 0.15) is 31.2 Å². The Morgan fingerprint density at radius 2 is 1.77 bits per heavy atom. The van der Waals surface area contributed by atoms with E-state index in [0.29, 0.717) is 6.54 Å². The van der Waals surface area contributed by atoms with Gasteiger partial charge in [0.15, 0.2) is 6.54 Å². The molecule has 0 saturated carbocycles.